The number of hydrogen-bond donors (Lipinski definition) is 1. The van der Waals surface area contributed by atoms with Crippen LogP contribution in [0.1, 0.15) is 22.2 Å². The summed E-state index contributed by atoms with van der Waals surface area (Å²) in [7, 11) is 0. The van der Waals surface area contributed by atoms with E-state index in [9.17, 15) is 0 Å². The van der Waals surface area contributed by atoms with Crippen LogP contribution in [0.3, 0.4) is 0 Å². The molecule has 0 aliphatic rings. The Morgan fingerprint density at radius 3 is 2.65 bits per heavy atom. The lowest BCUT2D eigenvalue weighted by atomic mass is 10.1. The molecule has 90 valence electrons. The van der Waals surface area contributed by atoms with Gasteiger partial charge in [-0.1, -0.05) is 53.4 Å². The normalized spacial score (nSPS) is 12.6. The molecule has 0 fully saturated rings. The van der Waals surface area contributed by atoms with E-state index < -0.39 is 0 Å². The first-order valence-corrected chi connectivity index (χ1v) is 7.21. The van der Waals surface area contributed by atoms with Gasteiger partial charge in [0.05, 0.1) is 0 Å². The topological polar surface area (TPSA) is 51.8 Å². The van der Waals surface area contributed by atoms with Gasteiger partial charge < -0.3 is 5.73 Å². The highest BCUT2D eigenvalue weighted by Crippen LogP contribution is 2.38. The maximum absolute atomic E-state index is 5.68. The van der Waals surface area contributed by atoms with Gasteiger partial charge in [-0.05, 0) is 25.5 Å². The number of nitrogens with two attached hydrogens (primary N) is 1. The van der Waals surface area contributed by atoms with E-state index in [-0.39, 0.29) is 0 Å². The molecule has 2 N–H and O–H groups in total. The molecule has 2 aromatic rings. The van der Waals surface area contributed by atoms with Crippen LogP contribution >= 0.6 is 23.1 Å². The fourth-order valence-corrected chi connectivity index (χ4v) is 3.76. The number of nitrogens with zero attached hydrogens (tertiary/aromatic N) is 2. The first kappa shape index (κ1) is 12.5. The lowest BCUT2D eigenvalue weighted by Gasteiger charge is -2.13. The van der Waals surface area contributed by atoms with Crippen LogP contribution in [0.5, 0.6) is 0 Å². The molecule has 1 unspecified atom stereocenters. The summed E-state index contributed by atoms with van der Waals surface area (Å²) in [6, 6.07) is 10.4. The van der Waals surface area contributed by atoms with Crippen LogP contribution in [-0.2, 0) is 0 Å². The molecule has 3 nitrogen and oxygen atoms in total. The Kier molecular flexibility index (Phi) is 4.53. The molecule has 0 aliphatic carbocycles. The van der Waals surface area contributed by atoms with Gasteiger partial charge >= 0.3 is 0 Å². The van der Waals surface area contributed by atoms with Gasteiger partial charge in [-0.25, -0.2) is 0 Å². The summed E-state index contributed by atoms with van der Waals surface area (Å²) in [5, 5.41) is 9.57. The van der Waals surface area contributed by atoms with Crippen LogP contribution in [0.4, 0.5) is 0 Å². The Morgan fingerprint density at radius 2 is 2.06 bits per heavy atom. The monoisotopic (exact) mass is 265 g/mol. The van der Waals surface area contributed by atoms with E-state index in [2.05, 4.69) is 34.5 Å². The van der Waals surface area contributed by atoms with Gasteiger partial charge in [-0.3, -0.25) is 0 Å². The third kappa shape index (κ3) is 3.52. The molecule has 0 amide bonds. The summed E-state index contributed by atoms with van der Waals surface area (Å²) in [4.78, 5) is 0. The Balaban J connectivity index is 2.13. The van der Waals surface area contributed by atoms with Crippen molar-refractivity contribution in [3.63, 3.8) is 0 Å². The number of hydrogen-bond acceptors (Lipinski definition) is 5. The van der Waals surface area contributed by atoms with Crippen molar-refractivity contribution in [3.05, 3.63) is 40.9 Å². The second-order valence-corrected chi connectivity index (χ2v) is 6.31. The molecule has 1 atom stereocenters. The zero-order chi connectivity index (χ0) is 12.1. The van der Waals surface area contributed by atoms with Crippen molar-refractivity contribution in [1.29, 1.82) is 0 Å². The Hall–Kier alpha value is -0.910. The summed E-state index contributed by atoms with van der Waals surface area (Å²) >= 11 is 3.39. The molecule has 1 heterocycles. The summed E-state index contributed by atoms with van der Waals surface area (Å²) in [5.41, 5.74) is 6.98. The minimum absolute atomic E-state index is 0.369. The van der Waals surface area contributed by atoms with Crippen LogP contribution < -0.4 is 5.73 Å². The van der Waals surface area contributed by atoms with Crippen molar-refractivity contribution in [2.24, 2.45) is 5.73 Å². The standard InChI is InChI=1S/C12H15N3S2/c1-9-14-15-12(16-9)17-11(7-8-13)10-5-3-2-4-6-10/h2-6,11H,7-8,13H2,1H3. The minimum Gasteiger partial charge on any atom is -0.330 e. The van der Waals surface area contributed by atoms with Crippen molar-refractivity contribution in [1.82, 2.24) is 10.2 Å². The zero-order valence-corrected chi connectivity index (χ0v) is 11.3. The highest BCUT2D eigenvalue weighted by molar-refractivity contribution is 8.01. The molecule has 1 aromatic heterocycles. The predicted octanol–water partition coefficient (Wildman–Crippen LogP) is 3.03. The van der Waals surface area contributed by atoms with Crippen LogP contribution in [0.25, 0.3) is 0 Å². The Bertz CT molecular complexity index is 456. The molecule has 0 aliphatic heterocycles. The fraction of sp³-hybridized carbons (Fsp3) is 0.333. The van der Waals surface area contributed by atoms with E-state index in [1.807, 2.05) is 13.0 Å². The van der Waals surface area contributed by atoms with Crippen molar-refractivity contribution >= 4 is 23.1 Å². The largest absolute Gasteiger partial charge is 0.330 e. The predicted molar refractivity (Wildman–Crippen MR) is 73.4 cm³/mol. The average Bonchev–Trinajstić information content (AvgIpc) is 2.75. The van der Waals surface area contributed by atoms with E-state index in [0.717, 1.165) is 15.8 Å². The minimum atomic E-state index is 0.369. The zero-order valence-electron chi connectivity index (χ0n) is 9.67. The molecule has 0 saturated heterocycles. The summed E-state index contributed by atoms with van der Waals surface area (Å²) < 4.78 is 1.02. The Labute approximate surface area is 109 Å². The van der Waals surface area contributed by atoms with E-state index in [1.165, 1.54) is 5.56 Å². The van der Waals surface area contributed by atoms with E-state index in [0.29, 0.717) is 11.8 Å². The summed E-state index contributed by atoms with van der Waals surface area (Å²) in [6.45, 7) is 2.66. The van der Waals surface area contributed by atoms with Gasteiger partial charge in [-0.15, -0.1) is 10.2 Å². The van der Waals surface area contributed by atoms with Gasteiger partial charge in [0.1, 0.15) is 5.01 Å². The van der Waals surface area contributed by atoms with Crippen LogP contribution in [0.15, 0.2) is 34.7 Å². The van der Waals surface area contributed by atoms with Gasteiger partial charge in [0.25, 0.3) is 0 Å². The Morgan fingerprint density at radius 1 is 1.29 bits per heavy atom. The molecular formula is C12H15N3S2. The van der Waals surface area contributed by atoms with E-state index in [1.54, 1.807) is 23.1 Å². The second kappa shape index (κ2) is 6.14. The number of benzene rings is 1. The fourth-order valence-electron chi connectivity index (χ4n) is 1.56. The number of aromatic nitrogens is 2. The molecule has 17 heavy (non-hydrogen) atoms. The second-order valence-electron chi connectivity index (χ2n) is 3.68. The maximum Gasteiger partial charge on any atom is 0.174 e. The maximum atomic E-state index is 5.68. The average molecular weight is 265 g/mol. The first-order chi connectivity index (χ1) is 8.29. The third-order valence-corrected chi connectivity index (χ3v) is 4.60. The molecular weight excluding hydrogens is 250 g/mol. The lowest BCUT2D eigenvalue weighted by Crippen LogP contribution is -2.04. The quantitative estimate of drug-likeness (QED) is 0.844. The molecule has 0 bridgehead atoms. The van der Waals surface area contributed by atoms with Gasteiger partial charge in [-0.2, -0.15) is 0 Å². The van der Waals surface area contributed by atoms with Crippen LogP contribution in [-0.4, -0.2) is 16.7 Å². The first-order valence-electron chi connectivity index (χ1n) is 5.51. The van der Waals surface area contributed by atoms with E-state index in [4.69, 9.17) is 5.73 Å². The van der Waals surface area contributed by atoms with Crippen LogP contribution in [0.2, 0.25) is 0 Å². The van der Waals surface area contributed by atoms with Gasteiger partial charge in [0.2, 0.25) is 0 Å². The van der Waals surface area contributed by atoms with Gasteiger partial charge in [0, 0.05) is 5.25 Å². The molecule has 0 spiro atoms. The summed E-state index contributed by atoms with van der Waals surface area (Å²) in [6.07, 6.45) is 0.952. The number of aryl methyl sites for hydroxylation is 1. The smallest absolute Gasteiger partial charge is 0.174 e. The van der Waals surface area contributed by atoms with Crippen LogP contribution in [0, 0.1) is 6.92 Å². The lowest BCUT2D eigenvalue weighted by molar-refractivity contribution is 0.812. The highest BCUT2D eigenvalue weighted by atomic mass is 32.2. The van der Waals surface area contributed by atoms with Gasteiger partial charge in [0.15, 0.2) is 4.34 Å². The van der Waals surface area contributed by atoms with E-state index >= 15 is 0 Å². The molecule has 5 heteroatoms. The molecule has 2 rings (SSSR count). The van der Waals surface area contributed by atoms with Crippen molar-refractivity contribution in [3.8, 4) is 0 Å². The van der Waals surface area contributed by atoms with Crippen molar-refractivity contribution in [2.75, 3.05) is 6.54 Å². The number of rotatable bonds is 5. The molecule has 0 radical (unpaired) electrons. The molecule has 1 aromatic carbocycles. The van der Waals surface area contributed by atoms with Crippen molar-refractivity contribution in [2.45, 2.75) is 22.9 Å². The third-order valence-electron chi connectivity index (χ3n) is 2.35. The number of thioether (sulfide) groups is 1. The molecule has 0 saturated carbocycles. The highest BCUT2D eigenvalue weighted by Gasteiger charge is 2.14. The summed E-state index contributed by atoms with van der Waals surface area (Å²) in [5.74, 6) is 0. The van der Waals surface area contributed by atoms with Crippen molar-refractivity contribution < 1.29 is 0 Å². The SMILES string of the molecule is Cc1nnc(SC(CCN)c2ccccc2)s1.